The predicted molar refractivity (Wildman–Crippen MR) is 93.0 cm³/mol. The first-order chi connectivity index (χ1) is 11.2. The first-order valence-electron chi connectivity index (χ1n) is 6.66. The second-order valence-corrected chi connectivity index (χ2v) is 7.68. The number of aromatic nitrogens is 1. The molecule has 3 N–H and O–H groups in total. The van der Waals surface area contributed by atoms with Crippen molar-refractivity contribution in [2.24, 2.45) is 7.05 Å². The lowest BCUT2D eigenvalue weighted by Gasteiger charge is -2.09. The standard InChI is InChI=1S/C14H15BrN4O4S/c1-19-8-10(15)7-12(19)14(21)17-16-13(20)9-4-3-5-11(6-9)18-24(2,22)23/h3-8,18H,1-2H3,(H,16,20)(H,17,21). The molecule has 0 saturated carbocycles. The fourth-order valence-electron chi connectivity index (χ4n) is 1.94. The monoisotopic (exact) mass is 414 g/mol. The Labute approximate surface area is 147 Å². The van der Waals surface area contributed by atoms with Crippen LogP contribution in [0.2, 0.25) is 0 Å². The van der Waals surface area contributed by atoms with Crippen LogP contribution in [-0.2, 0) is 17.1 Å². The third-order valence-electron chi connectivity index (χ3n) is 2.92. The molecule has 0 aliphatic heterocycles. The van der Waals surface area contributed by atoms with Gasteiger partial charge in [-0.3, -0.25) is 25.2 Å². The van der Waals surface area contributed by atoms with Gasteiger partial charge in [-0.25, -0.2) is 8.42 Å². The second-order valence-electron chi connectivity index (χ2n) is 5.02. The van der Waals surface area contributed by atoms with Gasteiger partial charge in [0.05, 0.1) is 6.26 Å². The summed E-state index contributed by atoms with van der Waals surface area (Å²) in [4.78, 5) is 24.1. The maximum atomic E-state index is 12.1. The summed E-state index contributed by atoms with van der Waals surface area (Å²) in [6, 6.07) is 7.50. The molecule has 1 aromatic heterocycles. The van der Waals surface area contributed by atoms with Gasteiger partial charge in [0.1, 0.15) is 5.69 Å². The highest BCUT2D eigenvalue weighted by molar-refractivity contribution is 9.10. The van der Waals surface area contributed by atoms with E-state index in [0.717, 1.165) is 10.7 Å². The van der Waals surface area contributed by atoms with Crippen LogP contribution >= 0.6 is 15.9 Å². The molecule has 2 amide bonds. The van der Waals surface area contributed by atoms with E-state index < -0.39 is 21.8 Å². The van der Waals surface area contributed by atoms with Gasteiger partial charge in [-0.15, -0.1) is 0 Å². The van der Waals surface area contributed by atoms with Crippen LogP contribution in [0.5, 0.6) is 0 Å². The lowest BCUT2D eigenvalue weighted by atomic mass is 10.2. The summed E-state index contributed by atoms with van der Waals surface area (Å²) in [5.74, 6) is -1.06. The highest BCUT2D eigenvalue weighted by Gasteiger charge is 2.13. The fraction of sp³-hybridized carbons (Fsp3) is 0.143. The van der Waals surface area contributed by atoms with Crippen LogP contribution in [0.1, 0.15) is 20.8 Å². The first kappa shape index (κ1) is 18.0. The Kier molecular flexibility index (Phi) is 5.30. The molecule has 0 saturated heterocycles. The van der Waals surface area contributed by atoms with Crippen molar-refractivity contribution in [3.05, 3.63) is 52.3 Å². The Morgan fingerprint density at radius 3 is 2.38 bits per heavy atom. The molecule has 0 spiro atoms. The molecule has 0 fully saturated rings. The van der Waals surface area contributed by atoms with Crippen molar-refractivity contribution in [2.45, 2.75) is 0 Å². The number of carbonyl (C=O) groups is 2. The van der Waals surface area contributed by atoms with E-state index in [-0.39, 0.29) is 11.3 Å². The maximum absolute atomic E-state index is 12.1. The van der Waals surface area contributed by atoms with Gasteiger partial charge in [0.2, 0.25) is 10.0 Å². The highest BCUT2D eigenvalue weighted by Crippen LogP contribution is 2.14. The van der Waals surface area contributed by atoms with Crippen LogP contribution < -0.4 is 15.6 Å². The number of benzene rings is 1. The smallest absolute Gasteiger partial charge is 0.286 e. The molecule has 10 heteroatoms. The summed E-state index contributed by atoms with van der Waals surface area (Å²) in [6.45, 7) is 0. The minimum absolute atomic E-state index is 0.192. The van der Waals surface area contributed by atoms with Gasteiger partial charge in [0.25, 0.3) is 11.8 Å². The average molecular weight is 415 g/mol. The molecule has 1 heterocycles. The van der Waals surface area contributed by atoms with E-state index in [2.05, 4.69) is 31.5 Å². The molecule has 8 nitrogen and oxygen atoms in total. The number of halogens is 1. The number of sulfonamides is 1. The summed E-state index contributed by atoms with van der Waals surface area (Å²) < 4.78 is 27.0. The number of rotatable bonds is 4. The topological polar surface area (TPSA) is 109 Å². The van der Waals surface area contributed by atoms with E-state index >= 15 is 0 Å². The molecule has 24 heavy (non-hydrogen) atoms. The lowest BCUT2D eigenvalue weighted by molar-refractivity contribution is 0.0842. The quantitative estimate of drug-likeness (QED) is 0.653. The van der Waals surface area contributed by atoms with Crippen molar-refractivity contribution in [3.63, 3.8) is 0 Å². The van der Waals surface area contributed by atoms with Gasteiger partial charge < -0.3 is 4.57 Å². The van der Waals surface area contributed by atoms with Crippen LogP contribution in [0.15, 0.2) is 41.0 Å². The number of hydrazine groups is 1. The average Bonchev–Trinajstić information content (AvgIpc) is 2.81. The number of nitrogens with one attached hydrogen (secondary N) is 3. The van der Waals surface area contributed by atoms with Crippen molar-refractivity contribution in [2.75, 3.05) is 11.0 Å². The Balaban J connectivity index is 2.04. The number of anilines is 1. The van der Waals surface area contributed by atoms with Crippen molar-refractivity contribution in [3.8, 4) is 0 Å². The number of hydrogen-bond acceptors (Lipinski definition) is 4. The number of amides is 2. The molecule has 2 rings (SSSR count). The molecule has 2 aromatic rings. The van der Waals surface area contributed by atoms with Gasteiger partial charge >= 0.3 is 0 Å². The molecular formula is C14H15BrN4O4S. The summed E-state index contributed by atoms with van der Waals surface area (Å²) in [5.41, 5.74) is 5.38. The first-order valence-corrected chi connectivity index (χ1v) is 9.34. The summed E-state index contributed by atoms with van der Waals surface area (Å²) in [5, 5.41) is 0. The fourth-order valence-corrected chi connectivity index (χ4v) is 3.02. The number of hydrogen-bond donors (Lipinski definition) is 3. The summed E-state index contributed by atoms with van der Waals surface area (Å²) in [7, 11) is -1.75. The molecule has 0 aliphatic carbocycles. The van der Waals surface area contributed by atoms with Gasteiger partial charge in [-0.2, -0.15) is 0 Å². The zero-order chi connectivity index (χ0) is 17.9. The van der Waals surface area contributed by atoms with Gasteiger partial charge in [0.15, 0.2) is 0 Å². The van der Waals surface area contributed by atoms with E-state index in [1.807, 2.05) is 0 Å². The molecule has 128 valence electrons. The third kappa shape index (κ3) is 4.83. The normalized spacial score (nSPS) is 11.0. The van der Waals surface area contributed by atoms with Gasteiger partial charge in [-0.1, -0.05) is 6.07 Å². The van der Waals surface area contributed by atoms with Gasteiger partial charge in [0, 0.05) is 29.0 Å². The molecular weight excluding hydrogens is 400 g/mol. The Hall–Kier alpha value is -2.33. The number of aryl methyl sites for hydroxylation is 1. The largest absolute Gasteiger partial charge is 0.345 e. The van der Waals surface area contributed by atoms with Crippen LogP contribution in [0.25, 0.3) is 0 Å². The highest BCUT2D eigenvalue weighted by atomic mass is 79.9. The van der Waals surface area contributed by atoms with E-state index in [1.165, 1.54) is 24.3 Å². The Morgan fingerprint density at radius 2 is 1.79 bits per heavy atom. The van der Waals surface area contributed by atoms with Crippen molar-refractivity contribution >= 4 is 43.5 Å². The molecule has 0 bridgehead atoms. The van der Waals surface area contributed by atoms with E-state index in [9.17, 15) is 18.0 Å². The van der Waals surface area contributed by atoms with Crippen LogP contribution in [0.4, 0.5) is 5.69 Å². The molecule has 0 radical (unpaired) electrons. The summed E-state index contributed by atoms with van der Waals surface area (Å²) in [6.07, 6.45) is 2.72. The van der Waals surface area contributed by atoms with Crippen molar-refractivity contribution < 1.29 is 18.0 Å². The minimum atomic E-state index is -3.44. The van der Waals surface area contributed by atoms with Crippen LogP contribution in [0, 0.1) is 0 Å². The molecule has 0 atom stereocenters. The van der Waals surface area contributed by atoms with Crippen molar-refractivity contribution in [1.82, 2.24) is 15.4 Å². The van der Waals surface area contributed by atoms with E-state index in [4.69, 9.17) is 0 Å². The van der Waals surface area contributed by atoms with Crippen molar-refractivity contribution in [1.29, 1.82) is 0 Å². The van der Waals surface area contributed by atoms with E-state index in [0.29, 0.717) is 5.69 Å². The molecule has 1 aromatic carbocycles. The zero-order valence-corrected chi connectivity index (χ0v) is 15.2. The molecule has 0 aliphatic rings. The van der Waals surface area contributed by atoms with Gasteiger partial charge in [-0.05, 0) is 40.2 Å². The maximum Gasteiger partial charge on any atom is 0.286 e. The number of carbonyl (C=O) groups excluding carboxylic acids is 2. The Bertz CT molecular complexity index is 892. The SMILES string of the molecule is Cn1cc(Br)cc1C(=O)NNC(=O)c1cccc(NS(C)(=O)=O)c1. The minimum Gasteiger partial charge on any atom is -0.345 e. The molecule has 0 unspecified atom stereocenters. The third-order valence-corrected chi connectivity index (χ3v) is 3.96. The lowest BCUT2D eigenvalue weighted by Crippen LogP contribution is -2.42. The van der Waals surface area contributed by atoms with Crippen LogP contribution in [0.3, 0.4) is 0 Å². The van der Waals surface area contributed by atoms with Crippen LogP contribution in [-0.4, -0.2) is 31.1 Å². The summed E-state index contributed by atoms with van der Waals surface area (Å²) >= 11 is 3.26. The second kappa shape index (κ2) is 7.05. The van der Waals surface area contributed by atoms with E-state index in [1.54, 1.807) is 23.9 Å². The number of nitrogens with zero attached hydrogens (tertiary/aromatic N) is 1. The predicted octanol–water partition coefficient (Wildman–Crippen LogP) is 1.23. The zero-order valence-electron chi connectivity index (χ0n) is 12.8. The Morgan fingerprint density at radius 1 is 1.12 bits per heavy atom.